The zero-order valence-electron chi connectivity index (χ0n) is 10.7. The number of halogens is 2. The highest BCUT2D eigenvalue weighted by atomic mass is 19.1. The van der Waals surface area contributed by atoms with Crippen LogP contribution in [0.3, 0.4) is 0 Å². The molecule has 0 heterocycles. The van der Waals surface area contributed by atoms with E-state index in [9.17, 15) is 8.78 Å². The van der Waals surface area contributed by atoms with E-state index in [-0.39, 0.29) is 11.6 Å². The van der Waals surface area contributed by atoms with E-state index in [1.165, 1.54) is 18.2 Å². The van der Waals surface area contributed by atoms with Gasteiger partial charge in [-0.25, -0.2) is 8.78 Å². The average Bonchev–Trinajstić information content (AvgIpc) is 2.35. The van der Waals surface area contributed by atoms with Gasteiger partial charge in [0.05, 0.1) is 11.4 Å². The molecule has 0 aromatic heterocycles. The van der Waals surface area contributed by atoms with Crippen molar-refractivity contribution in [1.29, 1.82) is 0 Å². The van der Waals surface area contributed by atoms with E-state index in [1.54, 1.807) is 19.1 Å². The molecule has 0 aliphatic heterocycles. The van der Waals surface area contributed by atoms with Gasteiger partial charge in [0.15, 0.2) is 0 Å². The molecule has 0 aliphatic rings. The maximum atomic E-state index is 13.2. The molecule has 19 heavy (non-hydrogen) atoms. The van der Waals surface area contributed by atoms with Crippen molar-refractivity contribution in [3.63, 3.8) is 0 Å². The molecule has 100 valence electrons. The van der Waals surface area contributed by atoms with Crippen LogP contribution in [0.1, 0.15) is 11.1 Å². The lowest BCUT2D eigenvalue weighted by Crippen LogP contribution is -2.07. The number of hydrogen-bond acceptors (Lipinski definition) is 2. The van der Waals surface area contributed by atoms with Crippen molar-refractivity contribution < 1.29 is 8.78 Å². The third-order valence-electron chi connectivity index (χ3n) is 2.95. The van der Waals surface area contributed by atoms with Crippen LogP contribution < -0.4 is 11.1 Å². The van der Waals surface area contributed by atoms with Crippen LogP contribution in [0.15, 0.2) is 36.4 Å². The van der Waals surface area contributed by atoms with Crippen LogP contribution in [0.5, 0.6) is 0 Å². The smallest absolute Gasteiger partial charge is 0.128 e. The second-order valence-corrected chi connectivity index (χ2v) is 4.50. The van der Waals surface area contributed by atoms with Gasteiger partial charge in [0.2, 0.25) is 0 Å². The van der Waals surface area contributed by atoms with E-state index in [4.69, 9.17) is 5.73 Å². The van der Waals surface area contributed by atoms with Crippen molar-refractivity contribution in [3.05, 3.63) is 59.2 Å². The first-order chi connectivity index (χ1) is 9.06. The summed E-state index contributed by atoms with van der Waals surface area (Å²) in [6.07, 6.45) is 0.674. The number of anilines is 2. The lowest BCUT2D eigenvalue weighted by atomic mass is 10.1. The van der Waals surface area contributed by atoms with Crippen molar-refractivity contribution >= 4 is 11.4 Å². The SMILES string of the molecule is Cc1cc(NCCc2cccc(F)c2)c(N)cc1F. The fourth-order valence-electron chi connectivity index (χ4n) is 1.88. The summed E-state index contributed by atoms with van der Waals surface area (Å²) in [6.45, 7) is 2.30. The Balaban J connectivity index is 1.98. The lowest BCUT2D eigenvalue weighted by molar-refractivity contribution is 0.619. The summed E-state index contributed by atoms with van der Waals surface area (Å²) in [5.41, 5.74) is 8.26. The highest BCUT2D eigenvalue weighted by Gasteiger charge is 2.04. The van der Waals surface area contributed by atoms with Crippen LogP contribution in [0.4, 0.5) is 20.2 Å². The number of aryl methyl sites for hydroxylation is 1. The summed E-state index contributed by atoms with van der Waals surface area (Å²) >= 11 is 0. The predicted octanol–water partition coefficient (Wildman–Crippen LogP) is 3.51. The first kappa shape index (κ1) is 13.3. The molecule has 2 aromatic rings. The minimum Gasteiger partial charge on any atom is -0.397 e. The third-order valence-corrected chi connectivity index (χ3v) is 2.95. The molecule has 0 atom stereocenters. The Morgan fingerprint density at radius 2 is 1.95 bits per heavy atom. The maximum absolute atomic E-state index is 13.2. The first-order valence-corrected chi connectivity index (χ1v) is 6.10. The quantitative estimate of drug-likeness (QED) is 0.827. The topological polar surface area (TPSA) is 38.0 Å². The van der Waals surface area contributed by atoms with Crippen LogP contribution in [0.25, 0.3) is 0 Å². The van der Waals surface area contributed by atoms with E-state index in [1.807, 2.05) is 6.07 Å². The summed E-state index contributed by atoms with van der Waals surface area (Å²) in [4.78, 5) is 0. The molecule has 0 saturated heterocycles. The van der Waals surface area contributed by atoms with Crippen molar-refractivity contribution in [2.24, 2.45) is 0 Å². The second-order valence-electron chi connectivity index (χ2n) is 4.50. The van der Waals surface area contributed by atoms with Gasteiger partial charge < -0.3 is 11.1 Å². The van der Waals surface area contributed by atoms with Crippen molar-refractivity contribution in [2.45, 2.75) is 13.3 Å². The molecule has 2 nitrogen and oxygen atoms in total. The van der Waals surface area contributed by atoms with Gasteiger partial charge in [-0.05, 0) is 48.7 Å². The van der Waals surface area contributed by atoms with E-state index in [0.717, 1.165) is 5.56 Å². The molecule has 2 rings (SSSR count). The summed E-state index contributed by atoms with van der Waals surface area (Å²) in [5, 5.41) is 3.13. The van der Waals surface area contributed by atoms with Crippen molar-refractivity contribution in [3.8, 4) is 0 Å². The molecule has 3 N–H and O–H groups in total. The third kappa shape index (κ3) is 3.44. The Morgan fingerprint density at radius 1 is 1.16 bits per heavy atom. The minimum atomic E-state index is -0.312. The number of rotatable bonds is 4. The predicted molar refractivity (Wildman–Crippen MR) is 74.1 cm³/mol. The normalized spacial score (nSPS) is 10.5. The Bertz CT molecular complexity index is 582. The Kier molecular flexibility index (Phi) is 4.00. The minimum absolute atomic E-state index is 0.241. The van der Waals surface area contributed by atoms with E-state index >= 15 is 0 Å². The molecule has 0 amide bonds. The molecule has 0 unspecified atom stereocenters. The molecule has 0 radical (unpaired) electrons. The summed E-state index contributed by atoms with van der Waals surface area (Å²) in [7, 11) is 0. The Hall–Kier alpha value is -2.10. The molecular formula is C15H16F2N2. The molecule has 0 fully saturated rings. The molecular weight excluding hydrogens is 246 g/mol. The van der Waals surface area contributed by atoms with E-state index < -0.39 is 0 Å². The largest absolute Gasteiger partial charge is 0.397 e. The van der Waals surface area contributed by atoms with Crippen molar-refractivity contribution in [2.75, 3.05) is 17.6 Å². The van der Waals surface area contributed by atoms with Crippen LogP contribution in [-0.2, 0) is 6.42 Å². The fourth-order valence-corrected chi connectivity index (χ4v) is 1.88. The molecule has 0 aliphatic carbocycles. The van der Waals surface area contributed by atoms with Gasteiger partial charge in [-0.15, -0.1) is 0 Å². The number of nitrogen functional groups attached to an aromatic ring is 1. The zero-order valence-corrected chi connectivity index (χ0v) is 10.7. The number of nitrogens with one attached hydrogen (secondary N) is 1. The van der Waals surface area contributed by atoms with Gasteiger partial charge in [0, 0.05) is 6.54 Å². The molecule has 4 heteroatoms. The standard InChI is InChI=1S/C15H16F2N2/c1-10-7-15(14(18)9-13(10)17)19-6-5-11-3-2-4-12(16)8-11/h2-4,7-9,19H,5-6,18H2,1H3. The highest BCUT2D eigenvalue weighted by Crippen LogP contribution is 2.22. The van der Waals surface area contributed by atoms with Gasteiger partial charge in [0.1, 0.15) is 11.6 Å². The zero-order chi connectivity index (χ0) is 13.8. The molecule has 0 bridgehead atoms. The molecule has 2 aromatic carbocycles. The van der Waals surface area contributed by atoms with E-state index in [2.05, 4.69) is 5.32 Å². The van der Waals surface area contributed by atoms with Crippen LogP contribution in [-0.4, -0.2) is 6.54 Å². The van der Waals surface area contributed by atoms with E-state index in [0.29, 0.717) is 29.9 Å². The Labute approximate surface area is 111 Å². The first-order valence-electron chi connectivity index (χ1n) is 6.10. The van der Waals surface area contributed by atoms with Crippen LogP contribution in [0, 0.1) is 18.6 Å². The van der Waals surface area contributed by atoms with Gasteiger partial charge in [0.25, 0.3) is 0 Å². The van der Waals surface area contributed by atoms with Crippen LogP contribution in [0.2, 0.25) is 0 Å². The summed E-state index contributed by atoms with van der Waals surface area (Å²) in [6, 6.07) is 9.44. The lowest BCUT2D eigenvalue weighted by Gasteiger charge is -2.11. The monoisotopic (exact) mass is 262 g/mol. The van der Waals surface area contributed by atoms with Gasteiger partial charge in [-0.3, -0.25) is 0 Å². The number of benzene rings is 2. The molecule has 0 saturated carbocycles. The second kappa shape index (κ2) is 5.69. The van der Waals surface area contributed by atoms with Crippen molar-refractivity contribution in [1.82, 2.24) is 0 Å². The Morgan fingerprint density at radius 3 is 2.68 bits per heavy atom. The highest BCUT2D eigenvalue weighted by molar-refractivity contribution is 5.67. The maximum Gasteiger partial charge on any atom is 0.128 e. The van der Waals surface area contributed by atoms with Gasteiger partial charge in [-0.1, -0.05) is 12.1 Å². The number of hydrogen-bond donors (Lipinski definition) is 2. The van der Waals surface area contributed by atoms with Gasteiger partial charge in [-0.2, -0.15) is 0 Å². The van der Waals surface area contributed by atoms with Crippen LogP contribution >= 0.6 is 0 Å². The summed E-state index contributed by atoms with van der Waals surface area (Å²) in [5.74, 6) is -0.553. The number of nitrogens with two attached hydrogens (primary N) is 1. The average molecular weight is 262 g/mol. The summed E-state index contributed by atoms with van der Waals surface area (Å²) < 4.78 is 26.2. The molecule has 0 spiro atoms. The fraction of sp³-hybridized carbons (Fsp3) is 0.200. The van der Waals surface area contributed by atoms with Gasteiger partial charge >= 0.3 is 0 Å².